The predicted molar refractivity (Wildman–Crippen MR) is 63.7 cm³/mol. The quantitative estimate of drug-likeness (QED) is 0.888. The number of hydrogen-bond acceptors (Lipinski definition) is 3. The summed E-state index contributed by atoms with van der Waals surface area (Å²) >= 11 is 0. The molecule has 1 fully saturated rings. The second-order valence-electron chi connectivity index (χ2n) is 4.32. The Balaban J connectivity index is 1.84. The summed E-state index contributed by atoms with van der Waals surface area (Å²) in [5, 5.41) is 2.65. The van der Waals surface area contributed by atoms with Gasteiger partial charge in [0.2, 0.25) is 0 Å². The molecule has 0 saturated carbocycles. The summed E-state index contributed by atoms with van der Waals surface area (Å²) in [7, 11) is 0. The standard InChI is InChI=1S/C13H16FNO3/c1-13(17-8-9-18-13)6-7-15-12(16)10-4-2-3-5-11(10)14/h2-5H,6-9H2,1H3,(H,15,16). The van der Waals surface area contributed by atoms with Gasteiger partial charge < -0.3 is 14.8 Å². The van der Waals surface area contributed by atoms with Crippen molar-refractivity contribution in [3.8, 4) is 0 Å². The summed E-state index contributed by atoms with van der Waals surface area (Å²) in [4.78, 5) is 11.7. The summed E-state index contributed by atoms with van der Waals surface area (Å²) < 4.78 is 24.1. The monoisotopic (exact) mass is 253 g/mol. The lowest BCUT2D eigenvalue weighted by molar-refractivity contribution is -0.145. The molecule has 0 aliphatic carbocycles. The van der Waals surface area contributed by atoms with E-state index in [4.69, 9.17) is 9.47 Å². The summed E-state index contributed by atoms with van der Waals surface area (Å²) in [6.45, 7) is 3.34. The van der Waals surface area contributed by atoms with Crippen LogP contribution < -0.4 is 5.32 Å². The van der Waals surface area contributed by atoms with Crippen molar-refractivity contribution >= 4 is 5.91 Å². The molecule has 0 atom stereocenters. The second-order valence-corrected chi connectivity index (χ2v) is 4.32. The first-order valence-electron chi connectivity index (χ1n) is 5.91. The largest absolute Gasteiger partial charge is 0.352 e. The Morgan fingerprint density at radius 3 is 2.72 bits per heavy atom. The minimum atomic E-state index is -0.636. The highest BCUT2D eigenvalue weighted by Crippen LogP contribution is 2.21. The number of nitrogens with one attached hydrogen (secondary N) is 1. The zero-order valence-corrected chi connectivity index (χ0v) is 10.2. The molecule has 4 nitrogen and oxygen atoms in total. The van der Waals surface area contributed by atoms with Gasteiger partial charge in [0, 0.05) is 13.0 Å². The molecule has 1 amide bonds. The van der Waals surface area contributed by atoms with Crippen molar-refractivity contribution in [2.45, 2.75) is 19.1 Å². The summed E-state index contributed by atoms with van der Waals surface area (Å²) in [5.74, 6) is -1.58. The average Bonchev–Trinajstić information content (AvgIpc) is 2.77. The number of hydrogen-bond donors (Lipinski definition) is 1. The van der Waals surface area contributed by atoms with Gasteiger partial charge in [0.25, 0.3) is 5.91 Å². The van der Waals surface area contributed by atoms with Gasteiger partial charge in [0.1, 0.15) is 5.82 Å². The molecule has 0 aromatic heterocycles. The Hall–Kier alpha value is -1.46. The number of rotatable bonds is 4. The first-order chi connectivity index (χ1) is 8.61. The molecule has 5 heteroatoms. The number of halogens is 1. The third-order valence-electron chi connectivity index (χ3n) is 2.88. The summed E-state index contributed by atoms with van der Waals surface area (Å²) in [5.41, 5.74) is 0.0518. The molecule has 1 aromatic rings. The van der Waals surface area contributed by atoms with Gasteiger partial charge in [-0.15, -0.1) is 0 Å². The van der Waals surface area contributed by atoms with Gasteiger partial charge in [-0.2, -0.15) is 0 Å². The normalized spacial score (nSPS) is 17.7. The van der Waals surface area contributed by atoms with E-state index in [-0.39, 0.29) is 5.56 Å². The maximum Gasteiger partial charge on any atom is 0.254 e. The van der Waals surface area contributed by atoms with E-state index in [1.165, 1.54) is 12.1 Å². The lowest BCUT2D eigenvalue weighted by Crippen LogP contribution is -2.33. The second kappa shape index (κ2) is 5.46. The van der Waals surface area contributed by atoms with Crippen molar-refractivity contribution in [1.29, 1.82) is 0 Å². The summed E-state index contributed by atoms with van der Waals surface area (Å²) in [6.07, 6.45) is 0.535. The molecule has 1 aromatic carbocycles. The van der Waals surface area contributed by atoms with E-state index in [1.54, 1.807) is 12.1 Å². The molecule has 1 aliphatic rings. The molecule has 1 N–H and O–H groups in total. The lowest BCUT2D eigenvalue weighted by atomic mass is 10.2. The number of amides is 1. The van der Waals surface area contributed by atoms with E-state index in [2.05, 4.69) is 5.32 Å². The molecule has 1 heterocycles. The first-order valence-corrected chi connectivity index (χ1v) is 5.91. The van der Waals surface area contributed by atoms with Crippen LogP contribution in [-0.2, 0) is 9.47 Å². The van der Waals surface area contributed by atoms with Crippen LogP contribution in [0.3, 0.4) is 0 Å². The van der Waals surface area contributed by atoms with Crippen molar-refractivity contribution in [2.75, 3.05) is 19.8 Å². The Kier molecular flexibility index (Phi) is 3.93. The smallest absolute Gasteiger partial charge is 0.254 e. The number of carbonyl (C=O) groups excluding carboxylic acids is 1. The van der Waals surface area contributed by atoms with Crippen LogP contribution >= 0.6 is 0 Å². The molecule has 0 bridgehead atoms. The zero-order valence-electron chi connectivity index (χ0n) is 10.2. The van der Waals surface area contributed by atoms with E-state index in [1.807, 2.05) is 6.92 Å². The van der Waals surface area contributed by atoms with E-state index in [0.29, 0.717) is 26.2 Å². The lowest BCUT2D eigenvalue weighted by Gasteiger charge is -2.22. The average molecular weight is 253 g/mol. The van der Waals surface area contributed by atoms with Crippen molar-refractivity contribution in [2.24, 2.45) is 0 Å². The fourth-order valence-electron chi connectivity index (χ4n) is 1.84. The molecular formula is C13H16FNO3. The highest BCUT2D eigenvalue weighted by Gasteiger charge is 2.30. The van der Waals surface area contributed by atoms with Crippen LogP contribution in [0.4, 0.5) is 4.39 Å². The fourth-order valence-corrected chi connectivity index (χ4v) is 1.84. The molecule has 2 rings (SSSR count). The molecule has 1 aliphatic heterocycles. The number of benzene rings is 1. The molecule has 0 spiro atoms. The minimum Gasteiger partial charge on any atom is -0.352 e. The zero-order chi connectivity index (χ0) is 13.0. The van der Waals surface area contributed by atoms with Gasteiger partial charge in [0.05, 0.1) is 18.8 Å². The topological polar surface area (TPSA) is 47.6 Å². The van der Waals surface area contributed by atoms with Gasteiger partial charge in [-0.05, 0) is 19.1 Å². The maximum absolute atomic E-state index is 13.3. The Morgan fingerprint density at radius 2 is 2.06 bits per heavy atom. The predicted octanol–water partition coefficient (Wildman–Crippen LogP) is 1.71. The van der Waals surface area contributed by atoms with Crippen LogP contribution in [0.15, 0.2) is 24.3 Å². The van der Waals surface area contributed by atoms with Gasteiger partial charge in [-0.1, -0.05) is 12.1 Å². The fraction of sp³-hybridized carbons (Fsp3) is 0.462. The Bertz CT molecular complexity index is 430. The van der Waals surface area contributed by atoms with Crippen LogP contribution in [-0.4, -0.2) is 31.5 Å². The van der Waals surface area contributed by atoms with Crippen molar-refractivity contribution in [3.63, 3.8) is 0 Å². The minimum absolute atomic E-state index is 0.0518. The highest BCUT2D eigenvalue weighted by molar-refractivity contribution is 5.94. The van der Waals surface area contributed by atoms with E-state index in [9.17, 15) is 9.18 Å². The van der Waals surface area contributed by atoms with Crippen LogP contribution in [0.1, 0.15) is 23.7 Å². The van der Waals surface area contributed by atoms with E-state index in [0.717, 1.165) is 0 Å². The molecular weight excluding hydrogens is 237 g/mol. The number of ether oxygens (including phenoxy) is 2. The van der Waals surface area contributed by atoms with Gasteiger partial charge >= 0.3 is 0 Å². The molecule has 0 radical (unpaired) electrons. The van der Waals surface area contributed by atoms with Crippen LogP contribution in [0, 0.1) is 5.82 Å². The van der Waals surface area contributed by atoms with Crippen LogP contribution in [0.2, 0.25) is 0 Å². The molecule has 1 saturated heterocycles. The van der Waals surface area contributed by atoms with Crippen molar-refractivity contribution < 1.29 is 18.7 Å². The summed E-state index contributed by atoms with van der Waals surface area (Å²) in [6, 6.07) is 5.89. The van der Waals surface area contributed by atoms with Gasteiger partial charge in [0.15, 0.2) is 5.79 Å². The Labute approximate surface area is 105 Å². The van der Waals surface area contributed by atoms with Gasteiger partial charge in [-0.25, -0.2) is 4.39 Å². The maximum atomic E-state index is 13.3. The van der Waals surface area contributed by atoms with Crippen molar-refractivity contribution in [3.05, 3.63) is 35.6 Å². The Morgan fingerprint density at radius 1 is 1.39 bits per heavy atom. The first kappa shape index (κ1) is 13.0. The molecule has 98 valence electrons. The molecule has 18 heavy (non-hydrogen) atoms. The van der Waals surface area contributed by atoms with E-state index >= 15 is 0 Å². The van der Waals surface area contributed by atoms with E-state index < -0.39 is 17.5 Å². The van der Waals surface area contributed by atoms with Crippen molar-refractivity contribution in [1.82, 2.24) is 5.32 Å². The third kappa shape index (κ3) is 3.05. The number of carbonyl (C=O) groups is 1. The van der Waals surface area contributed by atoms with Crippen LogP contribution in [0.5, 0.6) is 0 Å². The SMILES string of the molecule is CC1(CCNC(=O)c2ccccc2F)OCCO1. The highest BCUT2D eigenvalue weighted by atomic mass is 19.1. The third-order valence-corrected chi connectivity index (χ3v) is 2.88. The molecule has 0 unspecified atom stereocenters. The van der Waals surface area contributed by atoms with Crippen LogP contribution in [0.25, 0.3) is 0 Å². The van der Waals surface area contributed by atoms with Gasteiger partial charge in [-0.3, -0.25) is 4.79 Å².